The van der Waals surface area contributed by atoms with Crippen molar-refractivity contribution in [3.63, 3.8) is 0 Å². The summed E-state index contributed by atoms with van der Waals surface area (Å²) in [6.07, 6.45) is 1.27. The molecule has 1 aromatic rings. The van der Waals surface area contributed by atoms with E-state index < -0.39 is 0 Å². The van der Waals surface area contributed by atoms with Crippen molar-refractivity contribution in [2.45, 2.75) is 46.8 Å². The third-order valence-electron chi connectivity index (χ3n) is 2.69. The molecule has 0 fully saturated rings. The van der Waals surface area contributed by atoms with Gasteiger partial charge < -0.3 is 14.8 Å². The van der Waals surface area contributed by atoms with Gasteiger partial charge in [-0.1, -0.05) is 26.0 Å². The van der Waals surface area contributed by atoms with Crippen LogP contribution in [0.5, 0.6) is 5.75 Å². The molecule has 0 unspecified atom stereocenters. The van der Waals surface area contributed by atoms with Gasteiger partial charge in [0.05, 0.1) is 6.10 Å². The first-order valence-electron chi connectivity index (χ1n) is 7.62. The van der Waals surface area contributed by atoms with E-state index in [4.69, 9.17) is 9.47 Å². The lowest BCUT2D eigenvalue weighted by Crippen LogP contribution is -2.17. The molecule has 1 N–H and O–H groups in total. The highest BCUT2D eigenvalue weighted by molar-refractivity contribution is 5.28. The van der Waals surface area contributed by atoms with Crippen LogP contribution in [0.2, 0.25) is 0 Å². The molecule has 0 heterocycles. The van der Waals surface area contributed by atoms with Crippen LogP contribution in [0, 0.1) is 5.92 Å². The summed E-state index contributed by atoms with van der Waals surface area (Å²) in [5, 5.41) is 3.43. The van der Waals surface area contributed by atoms with E-state index in [-0.39, 0.29) is 6.10 Å². The third-order valence-corrected chi connectivity index (χ3v) is 2.69. The van der Waals surface area contributed by atoms with Gasteiger partial charge >= 0.3 is 0 Å². The summed E-state index contributed by atoms with van der Waals surface area (Å²) in [7, 11) is 0. The number of rotatable bonds is 10. The summed E-state index contributed by atoms with van der Waals surface area (Å²) < 4.78 is 11.2. The molecule has 0 spiro atoms. The average molecular weight is 279 g/mol. The van der Waals surface area contributed by atoms with Crippen molar-refractivity contribution in [3.8, 4) is 5.75 Å². The molecule has 0 bridgehead atoms. The molecule has 0 aliphatic rings. The van der Waals surface area contributed by atoms with E-state index >= 15 is 0 Å². The molecule has 0 aromatic heterocycles. The van der Waals surface area contributed by atoms with E-state index in [2.05, 4.69) is 31.3 Å². The Morgan fingerprint density at radius 1 is 1.15 bits per heavy atom. The normalized spacial score (nSPS) is 11.3. The molecule has 3 heteroatoms. The fourth-order valence-electron chi connectivity index (χ4n) is 1.85. The molecule has 3 nitrogen and oxygen atoms in total. The maximum Gasteiger partial charge on any atom is 0.120 e. The third kappa shape index (κ3) is 8.18. The van der Waals surface area contributed by atoms with E-state index in [0.29, 0.717) is 5.92 Å². The van der Waals surface area contributed by atoms with Crippen molar-refractivity contribution in [1.29, 1.82) is 0 Å². The summed E-state index contributed by atoms with van der Waals surface area (Å²) in [6.45, 7) is 12.0. The van der Waals surface area contributed by atoms with Crippen LogP contribution >= 0.6 is 0 Å². The fourth-order valence-corrected chi connectivity index (χ4v) is 1.85. The van der Waals surface area contributed by atoms with Gasteiger partial charge in [0.2, 0.25) is 0 Å². The first-order chi connectivity index (χ1) is 9.58. The molecule has 0 saturated carbocycles. The number of hydrogen-bond donors (Lipinski definition) is 1. The summed E-state index contributed by atoms with van der Waals surface area (Å²) >= 11 is 0. The predicted molar refractivity (Wildman–Crippen MR) is 84.2 cm³/mol. The van der Waals surface area contributed by atoms with Crippen LogP contribution in [0.1, 0.15) is 39.7 Å². The Labute approximate surface area is 123 Å². The predicted octanol–water partition coefficient (Wildman–Crippen LogP) is 3.63. The Kier molecular flexibility index (Phi) is 8.31. The largest absolute Gasteiger partial charge is 0.491 e. The summed E-state index contributed by atoms with van der Waals surface area (Å²) in [5.41, 5.74) is 1.26. The van der Waals surface area contributed by atoms with E-state index in [9.17, 15) is 0 Å². The molecule has 0 saturated heterocycles. The van der Waals surface area contributed by atoms with E-state index in [0.717, 1.165) is 38.5 Å². The minimum absolute atomic E-state index is 0.219. The lowest BCUT2D eigenvalue weighted by atomic mass is 10.2. The minimum Gasteiger partial charge on any atom is -0.491 e. The van der Waals surface area contributed by atoms with Gasteiger partial charge in [0.15, 0.2) is 0 Å². The van der Waals surface area contributed by atoms with Crippen molar-refractivity contribution in [2.75, 3.05) is 19.8 Å². The van der Waals surface area contributed by atoms with Crippen LogP contribution in [0.4, 0.5) is 0 Å². The van der Waals surface area contributed by atoms with Gasteiger partial charge in [-0.25, -0.2) is 0 Å². The van der Waals surface area contributed by atoms with E-state index in [1.165, 1.54) is 5.56 Å². The Bertz CT molecular complexity index is 364. The van der Waals surface area contributed by atoms with Crippen LogP contribution in [0.15, 0.2) is 24.3 Å². The zero-order valence-electron chi connectivity index (χ0n) is 13.3. The summed E-state index contributed by atoms with van der Waals surface area (Å²) in [6, 6.07) is 8.27. The Morgan fingerprint density at radius 3 is 2.65 bits per heavy atom. The average Bonchev–Trinajstić information content (AvgIpc) is 2.37. The molecule has 0 radical (unpaired) electrons. The number of nitrogens with one attached hydrogen (secondary N) is 1. The molecule has 0 atom stereocenters. The minimum atomic E-state index is 0.219. The maximum atomic E-state index is 5.69. The van der Waals surface area contributed by atoms with Crippen molar-refractivity contribution < 1.29 is 9.47 Å². The molecule has 1 aromatic carbocycles. The van der Waals surface area contributed by atoms with Crippen LogP contribution in [-0.2, 0) is 11.3 Å². The number of ether oxygens (including phenoxy) is 2. The van der Waals surface area contributed by atoms with Gasteiger partial charge in [-0.3, -0.25) is 0 Å². The van der Waals surface area contributed by atoms with Crippen molar-refractivity contribution in [1.82, 2.24) is 5.32 Å². The zero-order valence-corrected chi connectivity index (χ0v) is 13.3. The van der Waals surface area contributed by atoms with Gasteiger partial charge in [0.1, 0.15) is 5.75 Å². The quantitative estimate of drug-likeness (QED) is 0.663. The zero-order chi connectivity index (χ0) is 14.8. The molecule has 0 aliphatic heterocycles. The second-order valence-corrected chi connectivity index (χ2v) is 5.81. The summed E-state index contributed by atoms with van der Waals surface area (Å²) in [5.74, 6) is 1.56. The first kappa shape index (κ1) is 17.0. The first-order valence-corrected chi connectivity index (χ1v) is 7.62. The summed E-state index contributed by atoms with van der Waals surface area (Å²) in [4.78, 5) is 0. The van der Waals surface area contributed by atoms with E-state index in [1.807, 2.05) is 26.0 Å². The van der Waals surface area contributed by atoms with Gasteiger partial charge in [0, 0.05) is 19.8 Å². The smallest absolute Gasteiger partial charge is 0.120 e. The van der Waals surface area contributed by atoms with E-state index in [1.54, 1.807) is 0 Å². The Hall–Kier alpha value is -1.06. The highest BCUT2D eigenvalue weighted by Crippen LogP contribution is 2.14. The molecule has 20 heavy (non-hydrogen) atoms. The van der Waals surface area contributed by atoms with Gasteiger partial charge in [-0.05, 0) is 50.4 Å². The molecular weight excluding hydrogens is 250 g/mol. The Morgan fingerprint density at radius 2 is 1.95 bits per heavy atom. The molecule has 1 rings (SSSR count). The van der Waals surface area contributed by atoms with Crippen molar-refractivity contribution >= 4 is 0 Å². The Balaban J connectivity index is 2.15. The van der Waals surface area contributed by atoms with Crippen molar-refractivity contribution in [3.05, 3.63) is 29.8 Å². The van der Waals surface area contributed by atoms with Gasteiger partial charge in [-0.15, -0.1) is 0 Å². The highest BCUT2D eigenvalue weighted by Gasteiger charge is 1.99. The monoisotopic (exact) mass is 279 g/mol. The van der Waals surface area contributed by atoms with Gasteiger partial charge in [0.25, 0.3) is 0 Å². The molecular formula is C17H29NO2. The highest BCUT2D eigenvalue weighted by atomic mass is 16.5. The molecule has 114 valence electrons. The second kappa shape index (κ2) is 9.78. The maximum absolute atomic E-state index is 5.69. The van der Waals surface area contributed by atoms with Crippen LogP contribution in [0.25, 0.3) is 0 Å². The second-order valence-electron chi connectivity index (χ2n) is 5.81. The van der Waals surface area contributed by atoms with Crippen LogP contribution in [-0.4, -0.2) is 25.9 Å². The topological polar surface area (TPSA) is 30.5 Å². The SMILES string of the molecule is CC(C)COCCCNCc1cccc(OC(C)C)c1. The lowest BCUT2D eigenvalue weighted by Gasteiger charge is -2.11. The number of benzene rings is 1. The van der Waals surface area contributed by atoms with Gasteiger partial charge in [-0.2, -0.15) is 0 Å². The standard InChI is InChI=1S/C17H29NO2/c1-14(2)13-19-10-6-9-18-12-16-7-5-8-17(11-16)20-15(3)4/h5,7-8,11,14-15,18H,6,9-10,12-13H2,1-4H3. The lowest BCUT2D eigenvalue weighted by molar-refractivity contribution is 0.108. The van der Waals surface area contributed by atoms with Crippen molar-refractivity contribution in [2.24, 2.45) is 5.92 Å². The fraction of sp³-hybridized carbons (Fsp3) is 0.647. The van der Waals surface area contributed by atoms with Crippen LogP contribution in [0.3, 0.4) is 0 Å². The number of hydrogen-bond acceptors (Lipinski definition) is 3. The molecule has 0 amide bonds. The van der Waals surface area contributed by atoms with Crippen LogP contribution < -0.4 is 10.1 Å². The molecule has 0 aliphatic carbocycles.